The lowest BCUT2D eigenvalue weighted by Gasteiger charge is -2.14. The number of hydrogen-bond donors (Lipinski definition) is 3. The molecule has 0 radical (unpaired) electrons. The first kappa shape index (κ1) is 20.5. The highest BCUT2D eigenvalue weighted by atomic mass is 16.5. The molecule has 29 heavy (non-hydrogen) atoms. The molecule has 1 aliphatic heterocycles. The van der Waals surface area contributed by atoms with E-state index < -0.39 is 0 Å². The number of carbonyl (C=O) groups is 2. The lowest BCUT2D eigenvalue weighted by Crippen LogP contribution is -2.36. The Bertz CT molecular complexity index is 855. The van der Waals surface area contributed by atoms with Crippen molar-refractivity contribution in [2.24, 2.45) is 0 Å². The molecule has 0 unspecified atom stereocenters. The van der Waals surface area contributed by atoms with Gasteiger partial charge in [-0.15, -0.1) is 0 Å². The van der Waals surface area contributed by atoms with E-state index in [0.717, 1.165) is 23.3 Å². The summed E-state index contributed by atoms with van der Waals surface area (Å²) in [5, 5.41) is 8.31. The predicted molar refractivity (Wildman–Crippen MR) is 111 cm³/mol. The zero-order valence-electron chi connectivity index (χ0n) is 16.8. The third-order valence-electron chi connectivity index (χ3n) is 4.51. The van der Waals surface area contributed by atoms with Crippen LogP contribution >= 0.6 is 0 Å². The first-order valence-corrected chi connectivity index (χ1v) is 9.87. The van der Waals surface area contributed by atoms with Crippen molar-refractivity contribution >= 4 is 17.6 Å². The van der Waals surface area contributed by atoms with Gasteiger partial charge in [-0.25, -0.2) is 4.79 Å². The lowest BCUT2D eigenvalue weighted by atomic mass is 10.1. The summed E-state index contributed by atoms with van der Waals surface area (Å²) in [6.45, 7) is 5.07. The minimum Gasteiger partial charge on any atom is -0.492 e. The molecule has 7 nitrogen and oxygen atoms in total. The van der Waals surface area contributed by atoms with Crippen LogP contribution in [0.4, 0.5) is 10.5 Å². The fourth-order valence-electron chi connectivity index (χ4n) is 3.15. The minimum atomic E-state index is -0.309. The van der Waals surface area contributed by atoms with E-state index in [9.17, 15) is 9.59 Å². The third-order valence-corrected chi connectivity index (χ3v) is 4.51. The van der Waals surface area contributed by atoms with Gasteiger partial charge in [0.2, 0.25) is 5.91 Å². The number of fused-ring (bicyclic) bond motifs is 1. The molecular formula is C22H27N3O4. The molecule has 2 aromatic carbocycles. The fraction of sp³-hybridized carbons (Fsp3) is 0.364. The summed E-state index contributed by atoms with van der Waals surface area (Å²) >= 11 is 0. The van der Waals surface area contributed by atoms with Crippen molar-refractivity contribution in [2.45, 2.75) is 39.3 Å². The van der Waals surface area contributed by atoms with Gasteiger partial charge in [-0.2, -0.15) is 0 Å². The lowest BCUT2D eigenvalue weighted by molar-refractivity contribution is -0.116. The number of benzene rings is 2. The van der Waals surface area contributed by atoms with Gasteiger partial charge in [0, 0.05) is 37.6 Å². The van der Waals surface area contributed by atoms with Gasteiger partial charge in [0.1, 0.15) is 17.6 Å². The molecule has 0 fully saturated rings. The highest BCUT2D eigenvalue weighted by Gasteiger charge is 2.22. The zero-order valence-corrected chi connectivity index (χ0v) is 16.8. The summed E-state index contributed by atoms with van der Waals surface area (Å²) in [5.41, 5.74) is 2.67. The maximum Gasteiger partial charge on any atom is 0.315 e. The monoisotopic (exact) mass is 397 g/mol. The van der Waals surface area contributed by atoms with E-state index in [1.54, 1.807) is 0 Å². The Morgan fingerprint density at radius 1 is 1.17 bits per heavy atom. The Balaban J connectivity index is 1.47. The number of ether oxygens (including phenoxy) is 2. The summed E-state index contributed by atoms with van der Waals surface area (Å²) in [6.07, 6.45) is 1.09. The van der Waals surface area contributed by atoms with Gasteiger partial charge in [-0.1, -0.05) is 30.3 Å². The Morgan fingerprint density at radius 3 is 2.72 bits per heavy atom. The zero-order chi connectivity index (χ0) is 20.6. The molecule has 0 spiro atoms. The number of carbonyl (C=O) groups excluding carboxylic acids is 2. The SMILES string of the molecule is CCOc1cc2c(cc1NC(=O)CCNC(=O)NCc1ccccc1)O[C@H](C)C2. The maximum atomic E-state index is 12.3. The van der Waals surface area contributed by atoms with Crippen molar-refractivity contribution in [1.82, 2.24) is 10.6 Å². The van der Waals surface area contributed by atoms with Crippen LogP contribution in [0.2, 0.25) is 0 Å². The first-order chi connectivity index (χ1) is 14.0. The maximum absolute atomic E-state index is 12.3. The summed E-state index contributed by atoms with van der Waals surface area (Å²) in [5.74, 6) is 1.20. The topological polar surface area (TPSA) is 88.7 Å². The van der Waals surface area contributed by atoms with E-state index in [0.29, 0.717) is 24.6 Å². The number of amides is 3. The van der Waals surface area contributed by atoms with E-state index in [4.69, 9.17) is 9.47 Å². The smallest absolute Gasteiger partial charge is 0.315 e. The van der Waals surface area contributed by atoms with Crippen LogP contribution < -0.4 is 25.4 Å². The average molecular weight is 397 g/mol. The molecule has 0 aromatic heterocycles. The molecule has 3 amide bonds. The van der Waals surface area contributed by atoms with E-state index >= 15 is 0 Å². The molecule has 3 rings (SSSR count). The number of anilines is 1. The van der Waals surface area contributed by atoms with Crippen LogP contribution in [-0.4, -0.2) is 31.2 Å². The van der Waals surface area contributed by atoms with Crippen molar-refractivity contribution in [3.05, 3.63) is 53.6 Å². The van der Waals surface area contributed by atoms with E-state index in [2.05, 4.69) is 16.0 Å². The van der Waals surface area contributed by atoms with Crippen molar-refractivity contribution in [3.63, 3.8) is 0 Å². The number of rotatable bonds is 8. The van der Waals surface area contributed by atoms with E-state index in [1.165, 1.54) is 0 Å². The standard InChI is InChI=1S/C22H27N3O4/c1-3-28-20-12-17-11-15(2)29-19(17)13-18(20)25-21(26)9-10-23-22(27)24-14-16-7-5-4-6-8-16/h4-8,12-13,15H,3,9-11,14H2,1-2H3,(H,25,26)(H2,23,24,27)/t15-/m1/s1. The van der Waals surface area contributed by atoms with E-state index in [-0.39, 0.29) is 31.0 Å². The number of nitrogens with one attached hydrogen (secondary N) is 3. The largest absolute Gasteiger partial charge is 0.492 e. The molecule has 3 N–H and O–H groups in total. The Labute approximate surface area is 170 Å². The Morgan fingerprint density at radius 2 is 1.97 bits per heavy atom. The van der Waals surface area contributed by atoms with Crippen LogP contribution in [0, 0.1) is 0 Å². The van der Waals surface area contributed by atoms with Gasteiger partial charge in [0.15, 0.2) is 0 Å². The fourth-order valence-corrected chi connectivity index (χ4v) is 3.15. The molecule has 0 aliphatic carbocycles. The Hall–Kier alpha value is -3.22. The highest BCUT2D eigenvalue weighted by Crippen LogP contribution is 2.38. The van der Waals surface area contributed by atoms with Crippen LogP contribution in [0.25, 0.3) is 0 Å². The summed E-state index contributed by atoms with van der Waals surface area (Å²) in [4.78, 5) is 24.2. The second kappa shape index (κ2) is 9.82. The third kappa shape index (κ3) is 5.88. The molecule has 1 heterocycles. The van der Waals surface area contributed by atoms with Gasteiger partial charge in [0.25, 0.3) is 0 Å². The van der Waals surface area contributed by atoms with Crippen molar-refractivity contribution in [1.29, 1.82) is 0 Å². The molecule has 0 saturated heterocycles. The quantitative estimate of drug-likeness (QED) is 0.638. The molecule has 154 valence electrons. The van der Waals surface area contributed by atoms with Gasteiger partial charge in [-0.3, -0.25) is 4.79 Å². The normalized spacial score (nSPS) is 14.5. The summed E-state index contributed by atoms with van der Waals surface area (Å²) < 4.78 is 11.4. The average Bonchev–Trinajstić information content (AvgIpc) is 3.06. The van der Waals surface area contributed by atoms with Crippen LogP contribution in [0.1, 0.15) is 31.4 Å². The summed E-state index contributed by atoms with van der Waals surface area (Å²) in [6, 6.07) is 13.1. The summed E-state index contributed by atoms with van der Waals surface area (Å²) in [7, 11) is 0. The predicted octanol–water partition coefficient (Wildman–Crippen LogP) is 3.24. The molecule has 1 atom stereocenters. The second-order valence-corrected chi connectivity index (χ2v) is 6.91. The second-order valence-electron chi connectivity index (χ2n) is 6.91. The Kier molecular flexibility index (Phi) is 6.94. The van der Waals surface area contributed by atoms with Crippen molar-refractivity contribution in [2.75, 3.05) is 18.5 Å². The van der Waals surface area contributed by atoms with Gasteiger partial charge >= 0.3 is 6.03 Å². The molecule has 7 heteroatoms. The van der Waals surface area contributed by atoms with Gasteiger partial charge in [0.05, 0.1) is 12.3 Å². The van der Waals surface area contributed by atoms with Crippen LogP contribution in [-0.2, 0) is 17.8 Å². The molecule has 2 aromatic rings. The van der Waals surface area contributed by atoms with Gasteiger partial charge < -0.3 is 25.4 Å². The van der Waals surface area contributed by atoms with Crippen molar-refractivity contribution in [3.8, 4) is 11.5 Å². The molecule has 0 saturated carbocycles. The molecule has 0 bridgehead atoms. The van der Waals surface area contributed by atoms with Crippen molar-refractivity contribution < 1.29 is 19.1 Å². The number of urea groups is 1. The van der Waals surface area contributed by atoms with Crippen LogP contribution in [0.3, 0.4) is 0 Å². The molecular weight excluding hydrogens is 370 g/mol. The van der Waals surface area contributed by atoms with Gasteiger partial charge in [-0.05, 0) is 25.5 Å². The number of hydrogen-bond acceptors (Lipinski definition) is 4. The van der Waals surface area contributed by atoms with E-state index in [1.807, 2.05) is 56.3 Å². The highest BCUT2D eigenvalue weighted by molar-refractivity contribution is 5.93. The molecule has 1 aliphatic rings. The first-order valence-electron chi connectivity index (χ1n) is 9.87. The van der Waals surface area contributed by atoms with Crippen LogP contribution in [0.5, 0.6) is 11.5 Å². The van der Waals surface area contributed by atoms with Crippen LogP contribution in [0.15, 0.2) is 42.5 Å². The minimum absolute atomic E-state index is 0.115.